The van der Waals surface area contributed by atoms with Crippen molar-refractivity contribution in [1.29, 1.82) is 0 Å². The summed E-state index contributed by atoms with van der Waals surface area (Å²) in [6.07, 6.45) is 0. The zero-order valence-electron chi connectivity index (χ0n) is 11.5. The molecule has 0 aliphatic rings. The van der Waals surface area contributed by atoms with Gasteiger partial charge in [0.25, 0.3) is 0 Å². The van der Waals surface area contributed by atoms with Crippen LogP contribution in [0.5, 0.6) is 23.0 Å². The molecule has 7 heteroatoms. The molecule has 0 radical (unpaired) electrons. The van der Waals surface area contributed by atoms with E-state index in [-0.39, 0.29) is 11.3 Å². The Labute approximate surface area is 128 Å². The third-order valence-corrected chi connectivity index (χ3v) is 3.12. The number of para-hydroxylation sites is 1. The standard InChI is InChI=1S/C16H10O7/c17-10-5-9(6-11(18)14(10)19)15(20)23-13-7-8-3-1-2-4-12(8)22-16(13)21/h1-7,17-19H. The molecule has 0 fully saturated rings. The summed E-state index contributed by atoms with van der Waals surface area (Å²) >= 11 is 0. The van der Waals surface area contributed by atoms with Crippen LogP contribution in [-0.2, 0) is 0 Å². The van der Waals surface area contributed by atoms with Crippen LogP contribution in [0.15, 0.2) is 51.7 Å². The number of carbonyl (C=O) groups excluding carboxylic acids is 1. The fourth-order valence-corrected chi connectivity index (χ4v) is 2.00. The van der Waals surface area contributed by atoms with Crippen LogP contribution in [0.4, 0.5) is 0 Å². The lowest BCUT2D eigenvalue weighted by molar-refractivity contribution is 0.0728. The largest absolute Gasteiger partial charge is 0.504 e. The minimum Gasteiger partial charge on any atom is -0.504 e. The summed E-state index contributed by atoms with van der Waals surface area (Å²) in [5, 5.41) is 28.6. The first-order valence-electron chi connectivity index (χ1n) is 6.45. The third kappa shape index (κ3) is 2.67. The third-order valence-electron chi connectivity index (χ3n) is 3.12. The molecule has 3 aromatic rings. The van der Waals surface area contributed by atoms with Gasteiger partial charge in [-0.2, -0.15) is 0 Å². The summed E-state index contributed by atoms with van der Waals surface area (Å²) in [7, 11) is 0. The Morgan fingerprint density at radius 2 is 1.65 bits per heavy atom. The van der Waals surface area contributed by atoms with Crippen LogP contribution in [0.1, 0.15) is 10.4 Å². The molecule has 2 aromatic carbocycles. The molecule has 0 aliphatic heterocycles. The summed E-state index contributed by atoms with van der Waals surface area (Å²) in [6, 6.07) is 9.84. The number of ether oxygens (including phenoxy) is 1. The van der Waals surface area contributed by atoms with Gasteiger partial charge in [-0.3, -0.25) is 0 Å². The molecule has 0 atom stereocenters. The highest BCUT2D eigenvalue weighted by molar-refractivity contribution is 5.93. The van der Waals surface area contributed by atoms with Gasteiger partial charge >= 0.3 is 11.6 Å². The maximum absolute atomic E-state index is 12.0. The van der Waals surface area contributed by atoms with E-state index >= 15 is 0 Å². The Morgan fingerprint density at radius 1 is 1.00 bits per heavy atom. The zero-order valence-corrected chi connectivity index (χ0v) is 11.5. The lowest BCUT2D eigenvalue weighted by Crippen LogP contribution is -2.14. The fraction of sp³-hybridized carbons (Fsp3) is 0. The number of phenolic OH excluding ortho intramolecular Hbond substituents is 3. The second kappa shape index (κ2) is 5.38. The maximum Gasteiger partial charge on any atom is 0.379 e. The average molecular weight is 314 g/mol. The zero-order chi connectivity index (χ0) is 16.6. The summed E-state index contributed by atoms with van der Waals surface area (Å²) in [5.41, 5.74) is -0.744. The molecule has 116 valence electrons. The van der Waals surface area contributed by atoms with E-state index in [2.05, 4.69) is 0 Å². The van der Waals surface area contributed by atoms with Crippen LogP contribution in [-0.4, -0.2) is 21.3 Å². The Hall–Kier alpha value is -3.48. The van der Waals surface area contributed by atoms with E-state index in [1.54, 1.807) is 24.3 Å². The molecule has 3 N–H and O–H groups in total. The van der Waals surface area contributed by atoms with Crippen LogP contribution >= 0.6 is 0 Å². The fourth-order valence-electron chi connectivity index (χ4n) is 2.00. The van der Waals surface area contributed by atoms with E-state index in [0.717, 1.165) is 12.1 Å². The molecule has 23 heavy (non-hydrogen) atoms. The maximum atomic E-state index is 12.0. The van der Waals surface area contributed by atoms with E-state index in [0.29, 0.717) is 11.0 Å². The molecule has 0 aliphatic carbocycles. The summed E-state index contributed by atoms with van der Waals surface area (Å²) in [5.74, 6) is -3.48. The van der Waals surface area contributed by atoms with Crippen LogP contribution in [0.25, 0.3) is 11.0 Å². The van der Waals surface area contributed by atoms with Crippen molar-refractivity contribution in [1.82, 2.24) is 0 Å². The minimum absolute atomic E-state index is 0.245. The smallest absolute Gasteiger partial charge is 0.379 e. The van der Waals surface area contributed by atoms with Crippen molar-refractivity contribution in [2.75, 3.05) is 0 Å². The molecule has 0 saturated heterocycles. The Bertz CT molecular complexity index is 949. The number of rotatable bonds is 2. The number of hydrogen-bond donors (Lipinski definition) is 3. The summed E-state index contributed by atoms with van der Waals surface area (Å²) < 4.78 is 9.96. The second-order valence-electron chi connectivity index (χ2n) is 4.69. The number of benzene rings is 2. The van der Waals surface area contributed by atoms with Crippen molar-refractivity contribution in [2.45, 2.75) is 0 Å². The van der Waals surface area contributed by atoms with Crippen LogP contribution in [0.2, 0.25) is 0 Å². The number of aromatic hydroxyl groups is 3. The van der Waals surface area contributed by atoms with Gasteiger partial charge in [0, 0.05) is 5.39 Å². The molecule has 0 unspecified atom stereocenters. The van der Waals surface area contributed by atoms with E-state index in [4.69, 9.17) is 9.15 Å². The highest BCUT2D eigenvalue weighted by atomic mass is 16.5. The number of carbonyl (C=O) groups is 1. The highest BCUT2D eigenvalue weighted by Gasteiger charge is 2.17. The lowest BCUT2D eigenvalue weighted by Gasteiger charge is -2.06. The minimum atomic E-state index is -1.00. The molecule has 3 rings (SSSR count). The quantitative estimate of drug-likeness (QED) is 0.377. The van der Waals surface area contributed by atoms with Gasteiger partial charge < -0.3 is 24.5 Å². The van der Waals surface area contributed by atoms with Gasteiger partial charge in [-0.25, -0.2) is 9.59 Å². The molecule has 0 bridgehead atoms. The van der Waals surface area contributed by atoms with Crippen molar-refractivity contribution in [3.05, 3.63) is 58.4 Å². The Kier molecular flexibility index (Phi) is 3.38. The van der Waals surface area contributed by atoms with Crippen LogP contribution in [0, 0.1) is 0 Å². The van der Waals surface area contributed by atoms with E-state index in [1.165, 1.54) is 6.07 Å². The van der Waals surface area contributed by atoms with Gasteiger partial charge in [0.1, 0.15) is 5.58 Å². The molecule has 1 aromatic heterocycles. The first-order valence-corrected chi connectivity index (χ1v) is 6.45. The normalized spacial score (nSPS) is 10.6. The second-order valence-corrected chi connectivity index (χ2v) is 4.69. The number of hydrogen-bond acceptors (Lipinski definition) is 7. The number of esters is 1. The summed E-state index contributed by atoms with van der Waals surface area (Å²) in [4.78, 5) is 23.8. The molecular weight excluding hydrogens is 304 g/mol. The lowest BCUT2D eigenvalue weighted by atomic mass is 10.2. The number of phenols is 3. The molecular formula is C16H10O7. The van der Waals surface area contributed by atoms with Crippen molar-refractivity contribution in [3.63, 3.8) is 0 Å². The monoisotopic (exact) mass is 314 g/mol. The molecule has 0 saturated carbocycles. The van der Waals surface area contributed by atoms with Crippen molar-refractivity contribution in [3.8, 4) is 23.0 Å². The van der Waals surface area contributed by atoms with Gasteiger partial charge in [-0.05, 0) is 24.3 Å². The molecule has 1 heterocycles. The van der Waals surface area contributed by atoms with Crippen molar-refractivity contribution < 1.29 is 29.3 Å². The van der Waals surface area contributed by atoms with Crippen molar-refractivity contribution in [2.24, 2.45) is 0 Å². The van der Waals surface area contributed by atoms with Gasteiger partial charge in [0.15, 0.2) is 17.2 Å². The predicted molar refractivity (Wildman–Crippen MR) is 78.9 cm³/mol. The van der Waals surface area contributed by atoms with Gasteiger partial charge in [0.05, 0.1) is 5.56 Å². The topological polar surface area (TPSA) is 117 Å². The number of fused-ring (bicyclic) bond motifs is 1. The highest BCUT2D eigenvalue weighted by Crippen LogP contribution is 2.35. The molecule has 0 spiro atoms. The molecule has 0 amide bonds. The van der Waals surface area contributed by atoms with Gasteiger partial charge in [0.2, 0.25) is 5.75 Å². The van der Waals surface area contributed by atoms with E-state index < -0.39 is 28.8 Å². The van der Waals surface area contributed by atoms with Crippen LogP contribution in [0.3, 0.4) is 0 Å². The SMILES string of the molecule is O=C(Oc1cc2ccccc2oc1=O)c1cc(O)c(O)c(O)c1. The Balaban J connectivity index is 1.97. The summed E-state index contributed by atoms with van der Waals surface area (Å²) in [6.45, 7) is 0. The van der Waals surface area contributed by atoms with Gasteiger partial charge in [-0.1, -0.05) is 18.2 Å². The first-order chi connectivity index (χ1) is 11.0. The van der Waals surface area contributed by atoms with Crippen LogP contribution < -0.4 is 10.4 Å². The van der Waals surface area contributed by atoms with E-state index in [9.17, 15) is 24.9 Å². The first kappa shape index (κ1) is 14.5. The molecule has 7 nitrogen and oxygen atoms in total. The van der Waals surface area contributed by atoms with Gasteiger partial charge in [-0.15, -0.1) is 0 Å². The average Bonchev–Trinajstić information content (AvgIpc) is 2.52. The predicted octanol–water partition coefficient (Wildman–Crippen LogP) is 2.13. The Morgan fingerprint density at radius 3 is 2.35 bits per heavy atom. The van der Waals surface area contributed by atoms with E-state index in [1.807, 2.05) is 0 Å². The van der Waals surface area contributed by atoms with Crippen molar-refractivity contribution >= 4 is 16.9 Å².